The molecule has 0 radical (unpaired) electrons. The molecule has 1 heterocycles. The van der Waals surface area contributed by atoms with Gasteiger partial charge in [0.25, 0.3) is 5.91 Å². The SMILES string of the molecule is C=CCc1cc(/C=C(/C#N)C(=O)NCCc2c[nH]c3ccccc23)cc(Br)c1OCc1ccc2ccccc2c1. The van der Waals surface area contributed by atoms with Gasteiger partial charge in [-0.25, -0.2) is 0 Å². The van der Waals surface area contributed by atoms with Crippen LogP contribution in [0.5, 0.6) is 5.75 Å². The summed E-state index contributed by atoms with van der Waals surface area (Å²) in [6.45, 7) is 4.71. The smallest absolute Gasteiger partial charge is 0.261 e. The summed E-state index contributed by atoms with van der Waals surface area (Å²) in [5.74, 6) is 0.312. The summed E-state index contributed by atoms with van der Waals surface area (Å²) in [4.78, 5) is 16.1. The highest BCUT2D eigenvalue weighted by molar-refractivity contribution is 9.10. The number of ether oxygens (including phenoxy) is 1. The molecule has 0 atom stereocenters. The quantitative estimate of drug-likeness (QED) is 0.0996. The van der Waals surface area contributed by atoms with E-state index in [9.17, 15) is 10.1 Å². The van der Waals surface area contributed by atoms with Gasteiger partial charge >= 0.3 is 0 Å². The first-order valence-electron chi connectivity index (χ1n) is 13.0. The number of nitrogens with one attached hydrogen (secondary N) is 2. The molecule has 0 bridgehead atoms. The van der Waals surface area contributed by atoms with E-state index < -0.39 is 5.91 Å². The van der Waals surface area contributed by atoms with Crippen molar-refractivity contribution in [3.8, 4) is 11.8 Å². The molecule has 1 amide bonds. The normalized spacial score (nSPS) is 11.3. The number of halogens is 1. The lowest BCUT2D eigenvalue weighted by Crippen LogP contribution is -2.26. The molecule has 0 aliphatic heterocycles. The van der Waals surface area contributed by atoms with Crippen LogP contribution in [0.3, 0.4) is 0 Å². The van der Waals surface area contributed by atoms with E-state index in [2.05, 4.69) is 69.2 Å². The first kappa shape index (κ1) is 27.0. The molecule has 0 spiro atoms. The van der Waals surface area contributed by atoms with Gasteiger partial charge < -0.3 is 15.0 Å². The Morgan fingerprint density at radius 1 is 1.02 bits per heavy atom. The van der Waals surface area contributed by atoms with Crippen molar-refractivity contribution >= 4 is 49.6 Å². The fraction of sp³-hybridized carbons (Fsp3) is 0.118. The molecule has 0 fully saturated rings. The lowest BCUT2D eigenvalue weighted by molar-refractivity contribution is -0.117. The van der Waals surface area contributed by atoms with Crippen LogP contribution in [0.15, 0.2) is 108 Å². The van der Waals surface area contributed by atoms with E-state index >= 15 is 0 Å². The van der Waals surface area contributed by atoms with Crippen molar-refractivity contribution in [2.75, 3.05) is 6.54 Å². The third-order valence-corrected chi connectivity index (χ3v) is 7.32. The fourth-order valence-electron chi connectivity index (χ4n) is 4.77. The summed E-state index contributed by atoms with van der Waals surface area (Å²) in [5, 5.41) is 16.1. The molecule has 198 valence electrons. The highest BCUT2D eigenvalue weighted by Gasteiger charge is 2.14. The lowest BCUT2D eigenvalue weighted by atomic mass is 10.0. The van der Waals surface area contributed by atoms with Crippen molar-refractivity contribution < 1.29 is 9.53 Å². The van der Waals surface area contributed by atoms with Gasteiger partial charge in [-0.2, -0.15) is 5.26 Å². The fourth-order valence-corrected chi connectivity index (χ4v) is 5.40. The monoisotopic (exact) mass is 589 g/mol. The van der Waals surface area contributed by atoms with Gasteiger partial charge in [0.2, 0.25) is 0 Å². The minimum Gasteiger partial charge on any atom is -0.487 e. The van der Waals surface area contributed by atoms with Gasteiger partial charge in [-0.1, -0.05) is 60.7 Å². The number of hydrogen-bond donors (Lipinski definition) is 2. The van der Waals surface area contributed by atoms with E-state index in [-0.39, 0.29) is 5.57 Å². The van der Waals surface area contributed by atoms with Crippen LogP contribution < -0.4 is 10.1 Å². The second-order valence-electron chi connectivity index (χ2n) is 9.49. The molecule has 40 heavy (non-hydrogen) atoms. The summed E-state index contributed by atoms with van der Waals surface area (Å²) < 4.78 is 6.99. The van der Waals surface area contributed by atoms with Crippen LogP contribution >= 0.6 is 15.9 Å². The molecular weight excluding hydrogens is 562 g/mol. The van der Waals surface area contributed by atoms with Gasteiger partial charge in [0.05, 0.1) is 4.47 Å². The summed E-state index contributed by atoms with van der Waals surface area (Å²) in [5.41, 5.74) is 4.93. The molecule has 0 saturated heterocycles. The predicted octanol–water partition coefficient (Wildman–Crippen LogP) is 7.66. The number of aromatic nitrogens is 1. The standard InChI is InChI=1S/C34H28BrN3O2/c1-2-7-27-17-24(19-31(35)33(27)40-22-23-12-13-25-8-3-4-9-26(25)16-23)18-29(20-36)34(39)37-15-14-28-21-38-32-11-6-5-10-30(28)32/h2-6,8-13,16-19,21,38H,1,7,14-15,22H2,(H,37,39)/b29-18-. The Bertz CT molecular complexity index is 1780. The summed E-state index contributed by atoms with van der Waals surface area (Å²) in [6.07, 6.45) is 6.60. The number of fused-ring (bicyclic) bond motifs is 2. The first-order valence-corrected chi connectivity index (χ1v) is 13.8. The van der Waals surface area contributed by atoms with E-state index in [4.69, 9.17) is 4.74 Å². The molecule has 5 rings (SSSR count). The Morgan fingerprint density at radius 3 is 2.65 bits per heavy atom. The molecular formula is C34H28BrN3O2. The predicted molar refractivity (Wildman–Crippen MR) is 165 cm³/mol. The van der Waals surface area contributed by atoms with Crippen LogP contribution in [-0.4, -0.2) is 17.4 Å². The number of benzene rings is 4. The lowest BCUT2D eigenvalue weighted by Gasteiger charge is -2.14. The van der Waals surface area contributed by atoms with Gasteiger partial charge in [0.1, 0.15) is 24.0 Å². The Hall–Kier alpha value is -4.60. The largest absolute Gasteiger partial charge is 0.487 e. The molecule has 6 heteroatoms. The van der Waals surface area contributed by atoms with Gasteiger partial charge in [-0.05, 0) is 92.1 Å². The minimum absolute atomic E-state index is 0.0419. The number of H-pyrrole nitrogens is 1. The minimum atomic E-state index is -0.402. The van der Waals surface area contributed by atoms with Gasteiger partial charge in [0.15, 0.2) is 0 Å². The molecule has 5 aromatic rings. The maximum Gasteiger partial charge on any atom is 0.261 e. The van der Waals surface area contributed by atoms with Crippen LogP contribution in [0.1, 0.15) is 22.3 Å². The molecule has 1 aromatic heterocycles. The Kier molecular flexibility index (Phi) is 8.44. The second kappa shape index (κ2) is 12.5. The number of nitrogens with zero attached hydrogens (tertiary/aromatic N) is 1. The van der Waals surface area contributed by atoms with E-state index in [1.165, 1.54) is 10.8 Å². The van der Waals surface area contributed by atoms with Crippen LogP contribution in [-0.2, 0) is 24.2 Å². The molecule has 0 aliphatic carbocycles. The molecule has 0 unspecified atom stereocenters. The van der Waals surface area contributed by atoms with Crippen LogP contribution in [0.25, 0.3) is 27.8 Å². The maximum absolute atomic E-state index is 12.8. The number of hydrogen-bond acceptors (Lipinski definition) is 3. The highest BCUT2D eigenvalue weighted by atomic mass is 79.9. The van der Waals surface area contributed by atoms with Crippen molar-refractivity contribution in [2.45, 2.75) is 19.4 Å². The van der Waals surface area contributed by atoms with Crippen molar-refractivity contribution in [3.05, 3.63) is 130 Å². The van der Waals surface area contributed by atoms with Crippen LogP contribution in [0, 0.1) is 11.3 Å². The van der Waals surface area contributed by atoms with E-state index in [0.29, 0.717) is 31.7 Å². The van der Waals surface area contributed by atoms with Crippen LogP contribution in [0.4, 0.5) is 0 Å². The maximum atomic E-state index is 12.8. The number of rotatable bonds is 10. The van der Waals surface area contributed by atoms with Gasteiger partial charge in [-0.15, -0.1) is 6.58 Å². The third-order valence-electron chi connectivity index (χ3n) is 6.74. The van der Waals surface area contributed by atoms with E-state index in [1.807, 2.05) is 54.7 Å². The Labute approximate surface area is 241 Å². The topological polar surface area (TPSA) is 77.9 Å². The Morgan fingerprint density at radius 2 is 1.82 bits per heavy atom. The van der Waals surface area contributed by atoms with E-state index in [0.717, 1.165) is 37.6 Å². The van der Waals surface area contributed by atoms with Crippen molar-refractivity contribution in [3.63, 3.8) is 0 Å². The zero-order chi connectivity index (χ0) is 27.9. The average molecular weight is 591 g/mol. The number of para-hydroxylation sites is 1. The second-order valence-corrected chi connectivity index (χ2v) is 10.3. The molecule has 2 N–H and O–H groups in total. The van der Waals surface area contributed by atoms with Crippen LogP contribution in [0.2, 0.25) is 0 Å². The van der Waals surface area contributed by atoms with Gasteiger partial charge in [-0.3, -0.25) is 4.79 Å². The molecule has 0 saturated carbocycles. The Balaban J connectivity index is 1.28. The molecule has 5 nitrogen and oxygen atoms in total. The van der Waals surface area contributed by atoms with Crippen molar-refractivity contribution in [1.82, 2.24) is 10.3 Å². The summed E-state index contributed by atoms with van der Waals surface area (Å²) in [6, 6.07) is 28.4. The number of allylic oxidation sites excluding steroid dienone is 1. The summed E-state index contributed by atoms with van der Waals surface area (Å²) in [7, 11) is 0. The summed E-state index contributed by atoms with van der Waals surface area (Å²) >= 11 is 3.64. The van der Waals surface area contributed by atoms with Crippen molar-refractivity contribution in [1.29, 1.82) is 5.26 Å². The van der Waals surface area contributed by atoms with E-state index in [1.54, 1.807) is 12.2 Å². The number of nitriles is 1. The number of carbonyl (C=O) groups excluding carboxylic acids is 1. The highest BCUT2D eigenvalue weighted by Crippen LogP contribution is 2.33. The zero-order valence-electron chi connectivity index (χ0n) is 21.9. The zero-order valence-corrected chi connectivity index (χ0v) is 23.5. The number of amides is 1. The number of carbonyl (C=O) groups is 1. The molecule has 0 aliphatic rings. The number of aromatic amines is 1. The average Bonchev–Trinajstić information content (AvgIpc) is 3.38. The van der Waals surface area contributed by atoms with Gasteiger partial charge in [0, 0.05) is 23.6 Å². The third kappa shape index (κ3) is 6.17. The molecule has 4 aromatic carbocycles. The first-order chi connectivity index (χ1) is 19.6. The van der Waals surface area contributed by atoms with Crippen molar-refractivity contribution in [2.24, 2.45) is 0 Å².